The van der Waals surface area contributed by atoms with Crippen LogP contribution in [-0.2, 0) is 17.9 Å². The first kappa shape index (κ1) is 14.6. The Morgan fingerprint density at radius 3 is 2.82 bits per heavy atom. The predicted molar refractivity (Wildman–Crippen MR) is 76.5 cm³/mol. The highest BCUT2D eigenvalue weighted by Gasteiger charge is 2.01. The lowest BCUT2D eigenvalue weighted by atomic mass is 10.1. The smallest absolute Gasteiger partial charge is 0.0713 e. The first-order valence-corrected chi connectivity index (χ1v) is 7.44. The second-order valence-corrected chi connectivity index (χ2v) is 5.30. The molecular weight excluding hydrogens is 230 g/mol. The van der Waals surface area contributed by atoms with E-state index in [1.165, 1.54) is 23.3 Å². The summed E-state index contributed by atoms with van der Waals surface area (Å²) in [6.07, 6.45) is 3.37. The average molecular weight is 253 g/mol. The van der Waals surface area contributed by atoms with Gasteiger partial charge in [0.05, 0.1) is 6.61 Å². The van der Waals surface area contributed by atoms with E-state index >= 15 is 0 Å². The van der Waals surface area contributed by atoms with Crippen LogP contribution in [0.15, 0.2) is 24.3 Å². The van der Waals surface area contributed by atoms with Crippen LogP contribution in [0.1, 0.15) is 24.5 Å². The summed E-state index contributed by atoms with van der Waals surface area (Å²) in [6.45, 7) is 3.87. The Kier molecular flexibility index (Phi) is 7.33. The zero-order valence-corrected chi connectivity index (χ0v) is 11.8. The molecular formula is C14H23NOS. The van der Waals surface area contributed by atoms with Crippen molar-refractivity contribution in [1.29, 1.82) is 0 Å². The first-order chi connectivity index (χ1) is 8.26. The number of nitrogens with one attached hydrogen (secondary N) is 1. The van der Waals surface area contributed by atoms with Crippen LogP contribution in [0, 0.1) is 0 Å². The minimum absolute atomic E-state index is 0.577. The second kappa shape index (κ2) is 8.56. The Morgan fingerprint density at radius 2 is 2.12 bits per heavy atom. The summed E-state index contributed by atoms with van der Waals surface area (Å²) in [6, 6.07) is 9.14. The van der Waals surface area contributed by atoms with E-state index in [0.717, 1.165) is 6.54 Å². The summed E-state index contributed by atoms with van der Waals surface area (Å²) >= 11 is 1.90. The van der Waals surface area contributed by atoms with Crippen LogP contribution in [-0.4, -0.2) is 25.2 Å². The van der Waals surface area contributed by atoms with Crippen molar-refractivity contribution in [1.82, 2.24) is 5.32 Å². The molecule has 0 aromatic heterocycles. The summed E-state index contributed by atoms with van der Waals surface area (Å²) in [5.74, 6) is 1.22. The fraction of sp³-hybridized carbons (Fsp3) is 0.571. The Morgan fingerprint density at radius 1 is 1.35 bits per heavy atom. The fourth-order valence-corrected chi connectivity index (χ4v) is 2.27. The van der Waals surface area contributed by atoms with Gasteiger partial charge in [-0.1, -0.05) is 24.3 Å². The lowest BCUT2D eigenvalue weighted by Crippen LogP contribution is -2.26. The highest BCUT2D eigenvalue weighted by Crippen LogP contribution is 2.07. The number of thioether (sulfide) groups is 1. The molecule has 0 bridgehead atoms. The Labute approximate surface area is 109 Å². The van der Waals surface area contributed by atoms with Gasteiger partial charge in [0.2, 0.25) is 0 Å². The minimum atomic E-state index is 0.577. The van der Waals surface area contributed by atoms with Gasteiger partial charge >= 0.3 is 0 Å². The van der Waals surface area contributed by atoms with E-state index in [1.807, 2.05) is 11.8 Å². The quantitative estimate of drug-likeness (QED) is 0.769. The molecule has 0 heterocycles. The third kappa shape index (κ3) is 6.10. The molecule has 0 saturated heterocycles. The van der Waals surface area contributed by atoms with Gasteiger partial charge in [-0.3, -0.25) is 0 Å². The topological polar surface area (TPSA) is 21.3 Å². The van der Waals surface area contributed by atoms with Gasteiger partial charge in [-0.25, -0.2) is 0 Å². The molecule has 0 radical (unpaired) electrons. The fourth-order valence-electron chi connectivity index (χ4n) is 1.68. The molecule has 0 saturated carbocycles. The van der Waals surface area contributed by atoms with Gasteiger partial charge in [-0.2, -0.15) is 11.8 Å². The minimum Gasteiger partial charge on any atom is -0.380 e. The van der Waals surface area contributed by atoms with Crippen LogP contribution in [0.25, 0.3) is 0 Å². The van der Waals surface area contributed by atoms with Crippen molar-refractivity contribution in [2.24, 2.45) is 0 Å². The van der Waals surface area contributed by atoms with Gasteiger partial charge in [-0.05, 0) is 36.5 Å². The molecule has 1 N–H and O–H groups in total. The molecule has 1 rings (SSSR count). The summed E-state index contributed by atoms with van der Waals surface area (Å²) in [5.41, 5.74) is 2.57. The molecule has 2 nitrogen and oxygen atoms in total. The Balaban J connectivity index is 2.37. The van der Waals surface area contributed by atoms with Crippen molar-refractivity contribution in [3.8, 4) is 0 Å². The lowest BCUT2D eigenvalue weighted by Gasteiger charge is -2.13. The molecule has 1 aromatic carbocycles. The van der Waals surface area contributed by atoms with Gasteiger partial charge in [0.25, 0.3) is 0 Å². The summed E-state index contributed by atoms with van der Waals surface area (Å²) in [7, 11) is 1.73. The summed E-state index contributed by atoms with van der Waals surface area (Å²) < 4.78 is 5.14. The molecule has 96 valence electrons. The van der Waals surface area contributed by atoms with Crippen LogP contribution >= 0.6 is 11.8 Å². The number of ether oxygens (including phenoxy) is 1. The average Bonchev–Trinajstić information content (AvgIpc) is 2.35. The van der Waals surface area contributed by atoms with Crippen LogP contribution in [0.2, 0.25) is 0 Å². The SMILES string of the molecule is COCc1cccc(CNC(C)CCSC)c1. The molecule has 17 heavy (non-hydrogen) atoms. The second-order valence-electron chi connectivity index (χ2n) is 4.32. The normalized spacial score (nSPS) is 12.6. The molecule has 1 aromatic rings. The van der Waals surface area contributed by atoms with Crippen molar-refractivity contribution in [3.63, 3.8) is 0 Å². The third-order valence-corrected chi connectivity index (χ3v) is 3.36. The van der Waals surface area contributed by atoms with Crippen LogP contribution in [0.3, 0.4) is 0 Å². The molecule has 0 fully saturated rings. The van der Waals surface area contributed by atoms with Gasteiger partial charge in [0, 0.05) is 19.7 Å². The van der Waals surface area contributed by atoms with E-state index in [9.17, 15) is 0 Å². The molecule has 0 aliphatic heterocycles. The van der Waals surface area contributed by atoms with Crippen molar-refractivity contribution in [2.45, 2.75) is 32.5 Å². The summed E-state index contributed by atoms with van der Waals surface area (Å²) in [5, 5.41) is 3.55. The highest BCUT2D eigenvalue weighted by atomic mass is 32.2. The number of hydrogen-bond donors (Lipinski definition) is 1. The Hall–Kier alpha value is -0.510. The molecule has 0 amide bonds. The first-order valence-electron chi connectivity index (χ1n) is 6.05. The van der Waals surface area contributed by atoms with E-state index in [4.69, 9.17) is 4.74 Å². The maximum Gasteiger partial charge on any atom is 0.0713 e. The molecule has 1 unspecified atom stereocenters. The maximum atomic E-state index is 5.14. The molecule has 1 atom stereocenters. The number of methoxy groups -OCH3 is 1. The van der Waals surface area contributed by atoms with Crippen molar-refractivity contribution in [2.75, 3.05) is 19.1 Å². The van der Waals surface area contributed by atoms with Gasteiger partial charge in [0.1, 0.15) is 0 Å². The number of rotatable bonds is 8. The summed E-state index contributed by atoms with van der Waals surface area (Å²) in [4.78, 5) is 0. The lowest BCUT2D eigenvalue weighted by molar-refractivity contribution is 0.185. The highest BCUT2D eigenvalue weighted by molar-refractivity contribution is 7.98. The van der Waals surface area contributed by atoms with E-state index in [2.05, 4.69) is 42.8 Å². The monoisotopic (exact) mass is 253 g/mol. The molecule has 0 spiro atoms. The number of benzene rings is 1. The third-order valence-electron chi connectivity index (χ3n) is 2.71. The molecule has 3 heteroatoms. The Bertz CT molecular complexity index is 317. The van der Waals surface area contributed by atoms with Crippen molar-refractivity contribution in [3.05, 3.63) is 35.4 Å². The zero-order chi connectivity index (χ0) is 12.5. The van der Waals surface area contributed by atoms with Gasteiger partial charge < -0.3 is 10.1 Å². The van der Waals surface area contributed by atoms with E-state index in [-0.39, 0.29) is 0 Å². The van der Waals surface area contributed by atoms with E-state index < -0.39 is 0 Å². The zero-order valence-electron chi connectivity index (χ0n) is 11.0. The van der Waals surface area contributed by atoms with Gasteiger partial charge in [-0.15, -0.1) is 0 Å². The van der Waals surface area contributed by atoms with Crippen molar-refractivity contribution >= 4 is 11.8 Å². The van der Waals surface area contributed by atoms with Crippen LogP contribution < -0.4 is 5.32 Å². The maximum absolute atomic E-state index is 5.14. The predicted octanol–water partition coefficient (Wildman–Crippen LogP) is 3.06. The van der Waals surface area contributed by atoms with E-state index in [0.29, 0.717) is 12.6 Å². The van der Waals surface area contributed by atoms with Crippen molar-refractivity contribution < 1.29 is 4.74 Å². The largest absolute Gasteiger partial charge is 0.380 e. The van der Waals surface area contributed by atoms with Crippen LogP contribution in [0.4, 0.5) is 0 Å². The molecule has 0 aliphatic rings. The van der Waals surface area contributed by atoms with Gasteiger partial charge in [0.15, 0.2) is 0 Å². The standard InChI is InChI=1S/C14H23NOS/c1-12(7-8-17-3)15-10-13-5-4-6-14(9-13)11-16-2/h4-6,9,12,15H,7-8,10-11H2,1-3H3. The molecule has 0 aliphatic carbocycles. The number of hydrogen-bond acceptors (Lipinski definition) is 3. The van der Waals surface area contributed by atoms with E-state index in [1.54, 1.807) is 7.11 Å². The van der Waals surface area contributed by atoms with Crippen LogP contribution in [0.5, 0.6) is 0 Å².